The van der Waals surface area contributed by atoms with Crippen LogP contribution >= 0.6 is 23.2 Å². The van der Waals surface area contributed by atoms with E-state index < -0.39 is 0 Å². The summed E-state index contributed by atoms with van der Waals surface area (Å²) in [7, 11) is 1.72. The maximum Gasteiger partial charge on any atom is 0.226 e. The highest BCUT2D eigenvalue weighted by atomic mass is 35.5. The van der Waals surface area contributed by atoms with Crippen LogP contribution in [0.25, 0.3) is 0 Å². The highest BCUT2D eigenvalue weighted by Crippen LogP contribution is 2.31. The van der Waals surface area contributed by atoms with Crippen molar-refractivity contribution in [3.63, 3.8) is 0 Å². The molecule has 18 heavy (non-hydrogen) atoms. The zero-order chi connectivity index (χ0) is 13.1. The fraction of sp³-hybridized carbons (Fsp3) is 0.0909. The number of rotatable bonds is 3. The van der Waals surface area contributed by atoms with Gasteiger partial charge in [0.1, 0.15) is 11.6 Å². The zero-order valence-electron chi connectivity index (χ0n) is 9.45. The van der Waals surface area contributed by atoms with Crippen LogP contribution in [0.1, 0.15) is 0 Å². The Morgan fingerprint density at radius 2 is 2.00 bits per heavy atom. The van der Waals surface area contributed by atoms with E-state index in [-0.39, 0.29) is 5.95 Å². The molecule has 0 aliphatic rings. The maximum atomic E-state index is 5.99. The van der Waals surface area contributed by atoms with Crippen LogP contribution in [0, 0.1) is 0 Å². The molecule has 0 radical (unpaired) electrons. The van der Waals surface area contributed by atoms with Gasteiger partial charge < -0.3 is 15.8 Å². The second-order valence-electron chi connectivity index (χ2n) is 3.38. The van der Waals surface area contributed by atoms with E-state index in [9.17, 15) is 0 Å². The number of nitrogens with zero attached hydrogens (tertiary/aromatic N) is 2. The van der Waals surface area contributed by atoms with E-state index in [0.29, 0.717) is 27.5 Å². The molecule has 0 spiro atoms. The molecule has 0 bridgehead atoms. The fourth-order valence-electron chi connectivity index (χ4n) is 1.29. The quantitative estimate of drug-likeness (QED) is 0.906. The van der Waals surface area contributed by atoms with Crippen LogP contribution in [-0.2, 0) is 0 Å². The van der Waals surface area contributed by atoms with Gasteiger partial charge >= 0.3 is 0 Å². The van der Waals surface area contributed by atoms with Crippen molar-refractivity contribution in [1.29, 1.82) is 0 Å². The number of nitrogens with two attached hydrogens (primary N) is 1. The minimum atomic E-state index is 0.113. The first-order chi connectivity index (χ1) is 8.58. The number of benzene rings is 1. The van der Waals surface area contributed by atoms with Crippen molar-refractivity contribution in [2.75, 3.05) is 18.1 Å². The van der Waals surface area contributed by atoms with Crippen molar-refractivity contribution in [2.24, 2.45) is 0 Å². The van der Waals surface area contributed by atoms with Crippen molar-refractivity contribution >= 4 is 35.0 Å². The average molecular weight is 285 g/mol. The summed E-state index contributed by atoms with van der Waals surface area (Å²) in [5, 5.41) is 3.78. The first-order valence-electron chi connectivity index (χ1n) is 5.03. The predicted octanol–water partition coefficient (Wildman–Crippen LogP) is 3.20. The van der Waals surface area contributed by atoms with Crippen LogP contribution in [-0.4, -0.2) is 17.0 Å². The van der Waals surface area contributed by atoms with Crippen LogP contribution in [0.3, 0.4) is 0 Å². The van der Waals surface area contributed by atoms with Crippen molar-refractivity contribution < 1.29 is 4.74 Å². The molecule has 0 unspecified atom stereocenters. The third-order valence-electron chi connectivity index (χ3n) is 2.08. The minimum Gasteiger partial charge on any atom is -0.437 e. The van der Waals surface area contributed by atoms with Crippen LogP contribution in [0.2, 0.25) is 10.0 Å². The van der Waals surface area contributed by atoms with Crippen molar-refractivity contribution in [3.05, 3.63) is 34.3 Å². The van der Waals surface area contributed by atoms with Crippen LogP contribution in [0.15, 0.2) is 24.3 Å². The molecule has 3 N–H and O–H groups in total. The molecule has 0 aliphatic heterocycles. The molecule has 0 atom stereocenters. The molecule has 5 nitrogen and oxygen atoms in total. The molecule has 0 aliphatic carbocycles. The Kier molecular flexibility index (Phi) is 3.74. The first kappa shape index (κ1) is 12.7. The zero-order valence-corrected chi connectivity index (χ0v) is 11.0. The standard InChI is InChI=1S/C11H10Cl2N4O/c1-15-9-5-10(17-11(14)16-9)18-8-3-2-6(12)4-7(8)13/h2-5H,1H3,(H3,14,15,16,17). The third kappa shape index (κ3) is 2.94. The lowest BCUT2D eigenvalue weighted by Gasteiger charge is -2.08. The van der Waals surface area contributed by atoms with E-state index in [2.05, 4.69) is 15.3 Å². The largest absolute Gasteiger partial charge is 0.437 e. The molecule has 1 aromatic heterocycles. The Morgan fingerprint density at radius 3 is 2.67 bits per heavy atom. The van der Waals surface area contributed by atoms with E-state index in [0.717, 1.165) is 0 Å². The molecule has 0 saturated heterocycles. The number of ether oxygens (including phenoxy) is 1. The first-order valence-corrected chi connectivity index (χ1v) is 5.79. The Bertz CT molecular complexity index is 577. The summed E-state index contributed by atoms with van der Waals surface area (Å²) >= 11 is 11.8. The second-order valence-corrected chi connectivity index (χ2v) is 4.22. The number of nitrogens with one attached hydrogen (secondary N) is 1. The summed E-state index contributed by atoms with van der Waals surface area (Å²) in [5.41, 5.74) is 5.55. The molecule has 2 aromatic rings. The van der Waals surface area contributed by atoms with Gasteiger partial charge in [-0.1, -0.05) is 23.2 Å². The lowest BCUT2D eigenvalue weighted by Crippen LogP contribution is -2.01. The highest BCUT2D eigenvalue weighted by Gasteiger charge is 2.07. The van der Waals surface area contributed by atoms with E-state index in [1.54, 1.807) is 31.3 Å². The third-order valence-corrected chi connectivity index (χ3v) is 2.61. The van der Waals surface area contributed by atoms with Gasteiger partial charge in [-0.25, -0.2) is 0 Å². The summed E-state index contributed by atoms with van der Waals surface area (Å²) in [6, 6.07) is 6.53. The predicted molar refractivity (Wildman–Crippen MR) is 72.5 cm³/mol. The summed E-state index contributed by atoms with van der Waals surface area (Å²) in [6.07, 6.45) is 0. The summed E-state index contributed by atoms with van der Waals surface area (Å²) < 4.78 is 5.53. The molecular formula is C11H10Cl2N4O. The molecule has 1 aromatic carbocycles. The van der Waals surface area contributed by atoms with Gasteiger partial charge in [0.25, 0.3) is 0 Å². The summed E-state index contributed by atoms with van der Waals surface area (Å²) in [6.45, 7) is 0. The number of nitrogen functional groups attached to an aromatic ring is 1. The van der Waals surface area contributed by atoms with Crippen molar-refractivity contribution in [2.45, 2.75) is 0 Å². The second kappa shape index (κ2) is 5.29. The Balaban J connectivity index is 2.30. The van der Waals surface area contributed by atoms with Gasteiger partial charge in [0, 0.05) is 18.1 Å². The number of aromatic nitrogens is 2. The van der Waals surface area contributed by atoms with Gasteiger partial charge in [0.05, 0.1) is 5.02 Å². The lowest BCUT2D eigenvalue weighted by molar-refractivity contribution is 0.463. The molecule has 0 fully saturated rings. The number of halogens is 2. The highest BCUT2D eigenvalue weighted by molar-refractivity contribution is 6.35. The molecular weight excluding hydrogens is 275 g/mol. The maximum absolute atomic E-state index is 5.99. The van der Waals surface area contributed by atoms with Gasteiger partial charge in [-0.3, -0.25) is 0 Å². The van der Waals surface area contributed by atoms with Gasteiger partial charge in [0.2, 0.25) is 11.8 Å². The van der Waals surface area contributed by atoms with Crippen LogP contribution < -0.4 is 15.8 Å². The molecule has 2 rings (SSSR count). The average Bonchev–Trinajstić information content (AvgIpc) is 2.32. The van der Waals surface area contributed by atoms with E-state index in [1.807, 2.05) is 0 Å². The Labute approximate surface area is 114 Å². The van der Waals surface area contributed by atoms with Crippen molar-refractivity contribution in [3.8, 4) is 11.6 Å². The SMILES string of the molecule is CNc1cc(Oc2ccc(Cl)cc2Cl)nc(N)n1. The van der Waals surface area contributed by atoms with Gasteiger partial charge in [-0.05, 0) is 18.2 Å². The van der Waals surface area contributed by atoms with Gasteiger partial charge in [0.15, 0.2) is 0 Å². The lowest BCUT2D eigenvalue weighted by atomic mass is 10.3. The molecule has 0 saturated carbocycles. The van der Waals surface area contributed by atoms with E-state index >= 15 is 0 Å². The van der Waals surface area contributed by atoms with Gasteiger partial charge in [-0.15, -0.1) is 0 Å². The number of hydrogen-bond acceptors (Lipinski definition) is 5. The monoisotopic (exact) mass is 284 g/mol. The molecule has 7 heteroatoms. The van der Waals surface area contributed by atoms with Crippen LogP contribution in [0.4, 0.5) is 11.8 Å². The topological polar surface area (TPSA) is 73.1 Å². The van der Waals surface area contributed by atoms with E-state index in [1.165, 1.54) is 0 Å². The number of anilines is 2. The van der Waals surface area contributed by atoms with E-state index in [4.69, 9.17) is 33.7 Å². The summed E-state index contributed by atoms with van der Waals surface area (Å²) in [4.78, 5) is 7.91. The smallest absolute Gasteiger partial charge is 0.226 e. The molecule has 94 valence electrons. The fourth-order valence-corrected chi connectivity index (χ4v) is 1.74. The molecule has 1 heterocycles. The molecule has 0 amide bonds. The number of hydrogen-bond donors (Lipinski definition) is 2. The summed E-state index contributed by atoms with van der Waals surface area (Å²) in [5.74, 6) is 1.42. The van der Waals surface area contributed by atoms with Crippen LogP contribution in [0.5, 0.6) is 11.6 Å². The minimum absolute atomic E-state index is 0.113. The normalized spacial score (nSPS) is 10.2. The Hall–Kier alpha value is -1.72. The Morgan fingerprint density at radius 1 is 1.22 bits per heavy atom. The van der Waals surface area contributed by atoms with Gasteiger partial charge in [-0.2, -0.15) is 9.97 Å². The van der Waals surface area contributed by atoms with Crippen molar-refractivity contribution in [1.82, 2.24) is 9.97 Å².